The van der Waals surface area contributed by atoms with Crippen molar-refractivity contribution in [1.82, 2.24) is 9.97 Å². The molecule has 3 nitrogen and oxygen atoms in total. The second-order valence-corrected chi connectivity index (χ2v) is 5.73. The molecule has 2 saturated heterocycles. The second kappa shape index (κ2) is 4.21. The zero-order valence-electron chi connectivity index (χ0n) is 10.2. The van der Waals surface area contributed by atoms with Gasteiger partial charge >= 0.3 is 0 Å². The summed E-state index contributed by atoms with van der Waals surface area (Å²) < 4.78 is 5.86. The van der Waals surface area contributed by atoms with Crippen LogP contribution < -0.4 is 0 Å². The predicted molar refractivity (Wildman–Crippen MR) is 66.4 cm³/mol. The number of hydrogen-bond acceptors (Lipinski definition) is 3. The Morgan fingerprint density at radius 1 is 1.35 bits per heavy atom. The highest BCUT2D eigenvalue weighted by Crippen LogP contribution is 2.43. The summed E-state index contributed by atoms with van der Waals surface area (Å²) in [7, 11) is 0. The number of fused-ring (bicyclic) bond motifs is 2. The highest BCUT2D eigenvalue weighted by Gasteiger charge is 2.43. The highest BCUT2D eigenvalue weighted by atomic mass is 35.5. The Labute approximate surface area is 107 Å². The van der Waals surface area contributed by atoms with Gasteiger partial charge in [0, 0.05) is 11.6 Å². The second-order valence-electron chi connectivity index (χ2n) is 5.34. The van der Waals surface area contributed by atoms with E-state index in [9.17, 15) is 0 Å². The van der Waals surface area contributed by atoms with Crippen molar-refractivity contribution >= 4 is 11.6 Å². The zero-order valence-corrected chi connectivity index (χ0v) is 10.9. The van der Waals surface area contributed by atoms with Crippen molar-refractivity contribution < 1.29 is 4.74 Å². The Kier molecular flexibility index (Phi) is 2.83. The van der Waals surface area contributed by atoms with Crippen LogP contribution in [0.4, 0.5) is 0 Å². The van der Waals surface area contributed by atoms with E-state index >= 15 is 0 Å². The van der Waals surface area contributed by atoms with Crippen LogP contribution >= 0.6 is 11.6 Å². The lowest BCUT2D eigenvalue weighted by atomic mass is 9.88. The van der Waals surface area contributed by atoms with Crippen molar-refractivity contribution in [3.63, 3.8) is 0 Å². The SMILES string of the molecule is CC(C)c1cc(Cl)nc(C2CC3CCC2O3)n1. The lowest BCUT2D eigenvalue weighted by Crippen LogP contribution is -2.18. The van der Waals surface area contributed by atoms with Crippen molar-refractivity contribution in [3.05, 3.63) is 22.7 Å². The van der Waals surface area contributed by atoms with Gasteiger partial charge < -0.3 is 4.74 Å². The molecular formula is C13H17ClN2O. The third kappa shape index (κ3) is 2.06. The van der Waals surface area contributed by atoms with Crippen molar-refractivity contribution in [2.24, 2.45) is 0 Å². The van der Waals surface area contributed by atoms with E-state index in [0.29, 0.717) is 29.2 Å². The molecular weight excluding hydrogens is 236 g/mol. The van der Waals surface area contributed by atoms with Crippen LogP contribution in [0.1, 0.15) is 56.5 Å². The van der Waals surface area contributed by atoms with Crippen LogP contribution in [0.25, 0.3) is 0 Å². The van der Waals surface area contributed by atoms with Gasteiger partial charge in [0.25, 0.3) is 0 Å². The summed E-state index contributed by atoms with van der Waals surface area (Å²) in [6.07, 6.45) is 4.14. The third-order valence-electron chi connectivity index (χ3n) is 3.76. The van der Waals surface area contributed by atoms with E-state index in [0.717, 1.165) is 24.4 Å². The Balaban J connectivity index is 1.92. The average Bonchev–Trinajstić information content (AvgIpc) is 2.89. The van der Waals surface area contributed by atoms with Crippen LogP contribution in [0, 0.1) is 0 Å². The van der Waals surface area contributed by atoms with E-state index < -0.39 is 0 Å². The highest BCUT2D eigenvalue weighted by molar-refractivity contribution is 6.29. The van der Waals surface area contributed by atoms with Gasteiger partial charge in [-0.3, -0.25) is 0 Å². The van der Waals surface area contributed by atoms with Crippen molar-refractivity contribution in [2.75, 3.05) is 0 Å². The number of hydrogen-bond donors (Lipinski definition) is 0. The van der Waals surface area contributed by atoms with Crippen molar-refractivity contribution in [1.29, 1.82) is 0 Å². The third-order valence-corrected chi connectivity index (χ3v) is 3.95. The van der Waals surface area contributed by atoms with Crippen molar-refractivity contribution in [3.8, 4) is 0 Å². The Bertz CT molecular complexity index is 435. The van der Waals surface area contributed by atoms with Crippen LogP contribution in [0.2, 0.25) is 5.15 Å². The minimum absolute atomic E-state index is 0.318. The number of rotatable bonds is 2. The van der Waals surface area contributed by atoms with Gasteiger partial charge in [-0.05, 0) is 31.2 Å². The van der Waals surface area contributed by atoms with E-state index in [1.165, 1.54) is 6.42 Å². The van der Waals surface area contributed by atoms with Crippen LogP contribution in [0.3, 0.4) is 0 Å². The van der Waals surface area contributed by atoms with Gasteiger partial charge in [-0.2, -0.15) is 0 Å². The molecule has 0 amide bonds. The molecule has 2 fully saturated rings. The fraction of sp³-hybridized carbons (Fsp3) is 0.692. The molecule has 17 heavy (non-hydrogen) atoms. The monoisotopic (exact) mass is 252 g/mol. The van der Waals surface area contributed by atoms with E-state index in [1.54, 1.807) is 0 Å². The van der Waals surface area contributed by atoms with Crippen LogP contribution in [0.15, 0.2) is 6.07 Å². The molecule has 0 spiro atoms. The fourth-order valence-corrected chi connectivity index (χ4v) is 3.02. The van der Waals surface area contributed by atoms with Gasteiger partial charge in [0.2, 0.25) is 0 Å². The first-order chi connectivity index (χ1) is 8.13. The lowest BCUT2D eigenvalue weighted by molar-refractivity contribution is 0.0998. The van der Waals surface area contributed by atoms with Gasteiger partial charge in [-0.1, -0.05) is 25.4 Å². The summed E-state index contributed by atoms with van der Waals surface area (Å²) in [4.78, 5) is 9.05. The number of aromatic nitrogens is 2. The predicted octanol–water partition coefficient (Wildman–Crippen LogP) is 3.29. The molecule has 2 aliphatic heterocycles. The van der Waals surface area contributed by atoms with E-state index in [-0.39, 0.29) is 0 Å². The van der Waals surface area contributed by atoms with Gasteiger partial charge in [-0.15, -0.1) is 0 Å². The van der Waals surface area contributed by atoms with Crippen LogP contribution in [-0.4, -0.2) is 22.2 Å². The molecule has 3 rings (SSSR count). The number of ether oxygens (including phenoxy) is 1. The zero-order chi connectivity index (χ0) is 12.0. The van der Waals surface area contributed by atoms with E-state index in [1.807, 2.05) is 6.07 Å². The first-order valence-corrected chi connectivity index (χ1v) is 6.71. The van der Waals surface area contributed by atoms with Gasteiger partial charge in [0.15, 0.2) is 0 Å². The van der Waals surface area contributed by atoms with Gasteiger partial charge in [-0.25, -0.2) is 9.97 Å². The summed E-state index contributed by atoms with van der Waals surface area (Å²) in [5.74, 6) is 1.62. The molecule has 2 bridgehead atoms. The number of nitrogens with zero attached hydrogens (tertiary/aromatic N) is 2. The van der Waals surface area contributed by atoms with Crippen LogP contribution in [0.5, 0.6) is 0 Å². The summed E-state index contributed by atoms with van der Waals surface area (Å²) in [5.41, 5.74) is 1.03. The minimum Gasteiger partial charge on any atom is -0.374 e. The molecule has 1 aromatic heterocycles. The topological polar surface area (TPSA) is 35.0 Å². The van der Waals surface area contributed by atoms with Gasteiger partial charge in [0.1, 0.15) is 11.0 Å². The standard InChI is InChI=1S/C13H17ClN2O/c1-7(2)10-6-12(14)16-13(15-10)9-5-8-3-4-11(9)17-8/h6-9,11H,3-5H2,1-2H3. The molecule has 0 N–H and O–H groups in total. The van der Waals surface area contributed by atoms with Crippen LogP contribution in [-0.2, 0) is 4.74 Å². The van der Waals surface area contributed by atoms with Crippen molar-refractivity contribution in [2.45, 2.75) is 57.2 Å². The number of halogens is 1. The normalized spacial score (nSPS) is 31.4. The molecule has 0 aliphatic carbocycles. The molecule has 2 aliphatic rings. The molecule has 1 aromatic rings. The quantitative estimate of drug-likeness (QED) is 0.758. The Hall–Kier alpha value is -0.670. The molecule has 3 unspecified atom stereocenters. The maximum Gasteiger partial charge on any atom is 0.136 e. The van der Waals surface area contributed by atoms with Gasteiger partial charge in [0.05, 0.1) is 12.2 Å². The Morgan fingerprint density at radius 2 is 2.18 bits per heavy atom. The summed E-state index contributed by atoms with van der Waals surface area (Å²) >= 11 is 6.08. The molecule has 4 heteroatoms. The summed E-state index contributed by atoms with van der Waals surface area (Å²) in [6.45, 7) is 4.25. The van der Waals surface area contributed by atoms with E-state index in [4.69, 9.17) is 16.3 Å². The molecule has 92 valence electrons. The first-order valence-electron chi connectivity index (χ1n) is 6.33. The smallest absolute Gasteiger partial charge is 0.136 e. The largest absolute Gasteiger partial charge is 0.374 e. The molecule has 3 atom stereocenters. The maximum absolute atomic E-state index is 6.08. The lowest BCUT2D eigenvalue weighted by Gasteiger charge is -2.18. The molecule has 0 saturated carbocycles. The first kappa shape index (κ1) is 11.4. The molecule has 0 radical (unpaired) electrons. The van der Waals surface area contributed by atoms with E-state index in [2.05, 4.69) is 23.8 Å². The Morgan fingerprint density at radius 3 is 2.76 bits per heavy atom. The average molecular weight is 253 g/mol. The molecule has 0 aromatic carbocycles. The fourth-order valence-electron chi connectivity index (χ4n) is 2.82. The summed E-state index contributed by atoms with van der Waals surface area (Å²) in [6, 6.07) is 1.86. The maximum atomic E-state index is 6.08. The molecule has 3 heterocycles. The minimum atomic E-state index is 0.318. The summed E-state index contributed by atoms with van der Waals surface area (Å²) in [5, 5.41) is 0.557.